The van der Waals surface area contributed by atoms with Gasteiger partial charge in [-0.25, -0.2) is 0 Å². The van der Waals surface area contributed by atoms with E-state index in [9.17, 15) is 19.2 Å². The van der Waals surface area contributed by atoms with Crippen LogP contribution in [-0.2, 0) is 39.7 Å². The van der Waals surface area contributed by atoms with Crippen LogP contribution in [0.4, 0.5) is 0 Å². The molecule has 2 aliphatic heterocycles. The van der Waals surface area contributed by atoms with Crippen LogP contribution < -0.4 is 32.0 Å². The van der Waals surface area contributed by atoms with Gasteiger partial charge in [0.2, 0.25) is 11.8 Å². The van der Waals surface area contributed by atoms with Crippen molar-refractivity contribution in [1.82, 2.24) is 10.2 Å². The number of carbonyl (C=O) groups is 5. The molecular weight excluding hydrogens is 945 g/mol. The molecule has 0 unspecified atom stereocenters. The highest BCUT2D eigenvalue weighted by Gasteiger charge is 2.68. The number of Topliss-reactive ketones (excluding diaryl/α,β-unsaturated/α-hetero) is 3. The number of unbranched alkanes of at least 4 members (excludes halogenated alkanes) is 11. The van der Waals surface area contributed by atoms with Crippen LogP contribution in [0.15, 0.2) is 36.4 Å². The molecule has 14 nitrogen and oxygen atoms in total. The number of ether oxygens (including phenoxy) is 2. The zero-order valence-corrected chi connectivity index (χ0v) is 46.9. The Morgan fingerprint density at radius 1 is 0.800 bits per heavy atom. The lowest BCUT2D eigenvalue weighted by atomic mass is 9.43. The number of benzene rings is 2. The van der Waals surface area contributed by atoms with Crippen molar-refractivity contribution in [2.45, 2.75) is 206 Å². The number of fused-ring (bicyclic) bond motifs is 5. The van der Waals surface area contributed by atoms with Gasteiger partial charge in [0.1, 0.15) is 36.5 Å². The molecule has 7 N–H and O–H groups in total. The minimum atomic E-state index is -1.14. The predicted molar refractivity (Wildman–Crippen MR) is 297 cm³/mol. The Balaban J connectivity index is 1.26. The molecule has 2 aromatic rings. The number of nitrogens with zero attached hydrogens (tertiary/aromatic N) is 1. The van der Waals surface area contributed by atoms with Crippen LogP contribution in [0.3, 0.4) is 0 Å². The lowest BCUT2D eigenvalue weighted by molar-refractivity contribution is -0.199. The van der Waals surface area contributed by atoms with E-state index in [2.05, 4.69) is 33.0 Å². The van der Waals surface area contributed by atoms with E-state index in [1.165, 1.54) is 56.3 Å². The Morgan fingerprint density at radius 3 is 2.05 bits per heavy atom. The lowest BCUT2D eigenvalue weighted by Crippen LogP contribution is -2.65. The van der Waals surface area contributed by atoms with Crippen molar-refractivity contribution in [1.29, 1.82) is 0 Å². The van der Waals surface area contributed by atoms with Crippen LogP contribution in [0.5, 0.6) is 11.5 Å². The third-order valence-electron chi connectivity index (χ3n) is 17.4. The summed E-state index contributed by atoms with van der Waals surface area (Å²) in [6.45, 7) is 14.1. The van der Waals surface area contributed by atoms with Crippen molar-refractivity contribution in [3.05, 3.63) is 47.5 Å². The monoisotopic (exact) mass is 1040 g/mol. The van der Waals surface area contributed by atoms with Crippen molar-refractivity contribution >= 4 is 36.3 Å². The molecule has 4 fully saturated rings. The smallest absolute Gasteiger partial charge is 0.461 e. The van der Waals surface area contributed by atoms with Gasteiger partial charge in [0.25, 0.3) is 0 Å². The number of hydrogen-bond donors (Lipinski definition) is 4. The largest absolute Gasteiger partial charge is 0.492 e. The molecule has 3 aliphatic carbocycles. The summed E-state index contributed by atoms with van der Waals surface area (Å²) in [5, 5.41) is 3.06. The number of amides is 2. The molecule has 7 rings (SSSR count). The summed E-state index contributed by atoms with van der Waals surface area (Å²) in [5.41, 5.74) is 20.0. The van der Waals surface area contributed by atoms with Gasteiger partial charge >= 0.3 is 7.12 Å². The topological polar surface area (TPSA) is 216 Å². The molecule has 0 aromatic heterocycles. The molecule has 0 spiro atoms. The van der Waals surface area contributed by atoms with E-state index in [0.717, 1.165) is 37.7 Å². The fraction of sp³-hybridized carbons (Fsp3) is 0.717. The van der Waals surface area contributed by atoms with E-state index in [4.69, 9.17) is 36.0 Å². The average molecular weight is 1040 g/mol. The van der Waals surface area contributed by atoms with Gasteiger partial charge in [-0.05, 0) is 110 Å². The Morgan fingerprint density at radius 2 is 1.43 bits per heavy atom. The van der Waals surface area contributed by atoms with Gasteiger partial charge in [-0.1, -0.05) is 117 Å². The highest BCUT2D eigenvalue weighted by Crippen LogP contribution is 2.66. The predicted octanol–water partition coefficient (Wildman–Crippen LogP) is 9.65. The lowest BCUT2D eigenvalue weighted by Gasteiger charge is -2.64. The maximum absolute atomic E-state index is 15.0. The Kier molecular flexibility index (Phi) is 22.8. The molecule has 0 radical (unpaired) electrons. The van der Waals surface area contributed by atoms with Crippen LogP contribution in [0.2, 0.25) is 5.82 Å². The number of nitrogens with two attached hydrogens (primary N) is 3. The summed E-state index contributed by atoms with van der Waals surface area (Å²) >= 11 is 0. The number of rotatable bonds is 30. The average Bonchev–Trinajstić information content (AvgIpc) is 3.76. The maximum atomic E-state index is 15.0. The third-order valence-corrected chi connectivity index (χ3v) is 17.4. The first-order chi connectivity index (χ1) is 36.0. The van der Waals surface area contributed by atoms with Crippen molar-refractivity contribution in [2.24, 2.45) is 46.3 Å². The quantitative estimate of drug-likeness (QED) is 0.0425. The summed E-state index contributed by atoms with van der Waals surface area (Å²) in [4.78, 5) is 74.2. The second kappa shape index (κ2) is 28.5. The second-order valence-electron chi connectivity index (χ2n) is 23.5. The van der Waals surface area contributed by atoms with Crippen molar-refractivity contribution in [3.63, 3.8) is 0 Å². The van der Waals surface area contributed by atoms with Crippen LogP contribution in [0.25, 0.3) is 11.1 Å². The first-order valence-corrected chi connectivity index (χ1v) is 29.1. The van der Waals surface area contributed by atoms with Crippen LogP contribution in [0, 0.1) is 29.1 Å². The zero-order valence-electron chi connectivity index (χ0n) is 46.9. The highest BCUT2D eigenvalue weighted by atomic mass is 16.7. The number of nitrogens with one attached hydrogen (secondary N) is 1. The second-order valence-corrected chi connectivity index (χ2v) is 23.5. The Hall–Kier alpha value is -4.15. The van der Waals surface area contributed by atoms with Crippen molar-refractivity contribution in [3.8, 4) is 22.6 Å². The summed E-state index contributed by atoms with van der Waals surface area (Å²) in [5.74, 6) is -1.17. The first kappa shape index (κ1) is 60.1. The molecule has 2 amide bonds. The van der Waals surface area contributed by atoms with E-state index in [1.807, 2.05) is 31.2 Å². The Labute approximate surface area is 449 Å². The molecule has 5 aliphatic rings. The van der Waals surface area contributed by atoms with E-state index in [1.54, 1.807) is 26.1 Å². The van der Waals surface area contributed by atoms with Crippen LogP contribution >= 0.6 is 0 Å². The summed E-state index contributed by atoms with van der Waals surface area (Å²) < 4.78 is 25.9. The SMILES string of the molecule is CCCCCCCCCCCCCC(=O)C[C@@H](CCCCN)C(=O)N(C)[C@@H]1C(=O)C[C@@H](C)C(=O)N[C@H](C(=O)C[C@@H](C)B2O[C@@H]3C[C@@H]4C[C@@H](C4(C)C)[C@]3(C)O2)Cc2ccc(OCCN)c(c2)-c2cc1ccc2OCCN. The molecule has 2 heterocycles. The molecule has 3 saturated carbocycles. The van der Waals surface area contributed by atoms with Crippen LogP contribution in [-0.4, -0.2) is 98.8 Å². The summed E-state index contributed by atoms with van der Waals surface area (Å²) in [6, 6.07) is 8.94. The van der Waals surface area contributed by atoms with Crippen LogP contribution in [0.1, 0.15) is 187 Å². The molecule has 2 aromatic carbocycles. The molecule has 15 heteroatoms. The van der Waals surface area contributed by atoms with E-state index in [-0.39, 0.29) is 92.6 Å². The minimum Gasteiger partial charge on any atom is -0.492 e. The molecule has 416 valence electrons. The maximum Gasteiger partial charge on any atom is 0.461 e. The third kappa shape index (κ3) is 15.3. The summed E-state index contributed by atoms with van der Waals surface area (Å²) in [6.07, 6.45) is 17.3. The molecule has 1 saturated heterocycles. The number of hydrogen-bond acceptors (Lipinski definition) is 12. The molecular formula is C60H94BN5O9. The summed E-state index contributed by atoms with van der Waals surface area (Å²) in [7, 11) is 1.05. The Bertz CT molecular complexity index is 2220. The molecule has 75 heavy (non-hydrogen) atoms. The normalized spacial score (nSPS) is 24.8. The number of carbonyl (C=O) groups excluding carboxylic acids is 5. The first-order valence-electron chi connectivity index (χ1n) is 29.1. The fourth-order valence-electron chi connectivity index (χ4n) is 12.7. The van der Waals surface area contributed by atoms with Gasteiger partial charge in [0, 0.05) is 68.8 Å². The fourth-order valence-corrected chi connectivity index (χ4v) is 12.7. The molecule has 9 atom stereocenters. The van der Waals surface area contributed by atoms with Crippen molar-refractivity contribution < 1.29 is 42.8 Å². The number of likely N-dealkylation sites (N-methyl/N-ethyl adjacent to an activating group) is 1. The van der Waals surface area contributed by atoms with Gasteiger partial charge in [-0.3, -0.25) is 24.0 Å². The van der Waals surface area contributed by atoms with Gasteiger partial charge < -0.3 is 46.2 Å². The van der Waals surface area contributed by atoms with Crippen molar-refractivity contribution in [2.75, 3.05) is 39.9 Å². The van der Waals surface area contributed by atoms with Gasteiger partial charge in [-0.15, -0.1) is 0 Å². The van der Waals surface area contributed by atoms with Gasteiger partial charge in [0.05, 0.1) is 17.7 Å². The highest BCUT2D eigenvalue weighted by molar-refractivity contribution is 6.47. The van der Waals surface area contributed by atoms with E-state index >= 15 is 4.79 Å². The van der Waals surface area contributed by atoms with Gasteiger partial charge in [0.15, 0.2) is 11.6 Å². The zero-order chi connectivity index (χ0) is 54.3. The molecule has 6 bridgehead atoms. The van der Waals surface area contributed by atoms with E-state index < -0.39 is 42.5 Å². The van der Waals surface area contributed by atoms with Gasteiger partial charge in [-0.2, -0.15) is 0 Å². The standard InChI is InChI=1S/C60H94BN5O9/c1-8-9-10-11-12-13-14-15-16-17-18-22-46(67)36-44(21-19-20-27-62)58(71)66(7)56-43-24-26-53(73-31-29-64)48(37-43)47-34-42(23-25-52(47)72-30-28-63)35-49(65-57(70)40(2)32-51(56)69)50(68)33-41(3)61-74-55-39-45-38-54(59(45,4)5)60(55,6)75-61/h23-26,34,37,40-41,44-45,49,54-56H,8-22,27-33,35-36,38-39,62-64H2,1-7H3,(H,65,70)/t40-,41-,44-,45+,49+,54+,55-,56+,60+/m1/s1. The minimum absolute atomic E-state index is 0.0355. The van der Waals surface area contributed by atoms with E-state index in [0.29, 0.717) is 72.3 Å². The number of ketones is 3.